The fourth-order valence-corrected chi connectivity index (χ4v) is 1.77. The highest BCUT2D eigenvalue weighted by atomic mass is 19.1. The van der Waals surface area contributed by atoms with Gasteiger partial charge in [-0.2, -0.15) is 0 Å². The first-order valence-corrected chi connectivity index (χ1v) is 5.42. The molecule has 16 heavy (non-hydrogen) atoms. The molecule has 0 bridgehead atoms. The lowest BCUT2D eigenvalue weighted by atomic mass is 10.1. The number of halogens is 1. The Bertz CT molecular complexity index is 328. The van der Waals surface area contributed by atoms with Gasteiger partial charge in [-0.25, -0.2) is 4.39 Å². The molecule has 1 aromatic carbocycles. The number of hydrogen-bond donors (Lipinski definition) is 1. The Morgan fingerprint density at radius 1 is 1.38 bits per heavy atom. The van der Waals surface area contributed by atoms with E-state index >= 15 is 0 Å². The molecule has 1 aliphatic heterocycles. The molecule has 1 N–H and O–H groups in total. The molecular weight excluding hydrogens is 209 g/mol. The minimum absolute atomic E-state index is 0.151. The summed E-state index contributed by atoms with van der Waals surface area (Å²) >= 11 is 0. The Labute approximate surface area is 94.6 Å². The van der Waals surface area contributed by atoms with Gasteiger partial charge in [-0.1, -0.05) is 0 Å². The molecular formula is C12H16FNO2. The molecule has 0 aliphatic carbocycles. The zero-order chi connectivity index (χ0) is 11.4. The molecule has 1 fully saturated rings. The third-order valence-corrected chi connectivity index (χ3v) is 2.73. The molecule has 0 amide bonds. The lowest BCUT2D eigenvalue weighted by Crippen LogP contribution is -2.39. The van der Waals surface area contributed by atoms with Gasteiger partial charge < -0.3 is 14.8 Å². The average Bonchev–Trinajstić information content (AvgIpc) is 2.33. The van der Waals surface area contributed by atoms with E-state index in [2.05, 4.69) is 5.32 Å². The van der Waals surface area contributed by atoms with Gasteiger partial charge in [-0.15, -0.1) is 0 Å². The fraction of sp³-hybridized carbons (Fsp3) is 0.500. The van der Waals surface area contributed by atoms with Crippen LogP contribution in [0.5, 0.6) is 5.75 Å². The van der Waals surface area contributed by atoms with Crippen LogP contribution in [0.25, 0.3) is 0 Å². The largest absolute Gasteiger partial charge is 0.497 e. The Balaban J connectivity index is 1.96. The third-order valence-electron chi connectivity index (χ3n) is 2.73. The summed E-state index contributed by atoms with van der Waals surface area (Å²) in [4.78, 5) is 0. The van der Waals surface area contributed by atoms with Crippen LogP contribution in [-0.2, 0) is 4.74 Å². The second-order valence-corrected chi connectivity index (χ2v) is 3.86. The SMILES string of the molecule is COc1ccc(NC2CCOCC2F)cc1. The summed E-state index contributed by atoms with van der Waals surface area (Å²) in [5.74, 6) is 0.800. The van der Waals surface area contributed by atoms with Crippen molar-refractivity contribution in [3.05, 3.63) is 24.3 Å². The summed E-state index contributed by atoms with van der Waals surface area (Å²) in [6.45, 7) is 0.808. The molecule has 3 nitrogen and oxygen atoms in total. The lowest BCUT2D eigenvalue weighted by molar-refractivity contribution is 0.0286. The first-order valence-electron chi connectivity index (χ1n) is 5.42. The van der Waals surface area contributed by atoms with Crippen molar-refractivity contribution in [3.63, 3.8) is 0 Å². The number of nitrogens with one attached hydrogen (secondary N) is 1. The zero-order valence-electron chi connectivity index (χ0n) is 9.28. The molecule has 0 aromatic heterocycles. The van der Waals surface area contributed by atoms with Crippen molar-refractivity contribution >= 4 is 5.69 Å². The van der Waals surface area contributed by atoms with Gasteiger partial charge in [0.2, 0.25) is 0 Å². The predicted molar refractivity (Wildman–Crippen MR) is 60.7 cm³/mol. The molecule has 1 saturated heterocycles. The van der Waals surface area contributed by atoms with E-state index < -0.39 is 6.17 Å². The van der Waals surface area contributed by atoms with Crippen LogP contribution in [0.1, 0.15) is 6.42 Å². The number of alkyl halides is 1. The summed E-state index contributed by atoms with van der Waals surface area (Å²) < 4.78 is 23.6. The second kappa shape index (κ2) is 5.16. The maximum absolute atomic E-state index is 13.5. The van der Waals surface area contributed by atoms with E-state index in [-0.39, 0.29) is 12.6 Å². The maximum atomic E-state index is 13.5. The zero-order valence-corrected chi connectivity index (χ0v) is 9.28. The number of hydrogen-bond acceptors (Lipinski definition) is 3. The number of benzene rings is 1. The molecule has 1 heterocycles. The van der Waals surface area contributed by atoms with Crippen LogP contribution in [0.15, 0.2) is 24.3 Å². The van der Waals surface area contributed by atoms with Crippen molar-refractivity contribution in [2.45, 2.75) is 18.6 Å². The highest BCUT2D eigenvalue weighted by Crippen LogP contribution is 2.20. The van der Waals surface area contributed by atoms with Crippen molar-refractivity contribution in [3.8, 4) is 5.75 Å². The first-order chi connectivity index (χ1) is 7.79. The molecule has 0 spiro atoms. The van der Waals surface area contributed by atoms with Gasteiger partial charge in [0, 0.05) is 12.3 Å². The molecule has 2 unspecified atom stereocenters. The Kier molecular flexibility index (Phi) is 3.62. The lowest BCUT2D eigenvalue weighted by Gasteiger charge is -2.27. The van der Waals surface area contributed by atoms with Crippen LogP contribution in [0.4, 0.5) is 10.1 Å². The molecule has 2 rings (SSSR count). The monoisotopic (exact) mass is 225 g/mol. The smallest absolute Gasteiger partial charge is 0.143 e. The van der Waals surface area contributed by atoms with Gasteiger partial charge in [0.25, 0.3) is 0 Å². The average molecular weight is 225 g/mol. The van der Waals surface area contributed by atoms with Gasteiger partial charge in [0.1, 0.15) is 11.9 Å². The van der Waals surface area contributed by atoms with Gasteiger partial charge in [-0.3, -0.25) is 0 Å². The molecule has 0 saturated carbocycles. The summed E-state index contributed by atoms with van der Waals surface area (Å²) in [7, 11) is 1.62. The fourth-order valence-electron chi connectivity index (χ4n) is 1.77. The highest BCUT2D eigenvalue weighted by molar-refractivity contribution is 5.47. The van der Waals surface area contributed by atoms with Crippen molar-refractivity contribution in [2.24, 2.45) is 0 Å². The van der Waals surface area contributed by atoms with Gasteiger partial charge >= 0.3 is 0 Å². The van der Waals surface area contributed by atoms with Crippen molar-refractivity contribution in [1.29, 1.82) is 0 Å². The van der Waals surface area contributed by atoms with Crippen molar-refractivity contribution in [2.75, 3.05) is 25.6 Å². The number of rotatable bonds is 3. The Morgan fingerprint density at radius 3 is 2.75 bits per heavy atom. The summed E-state index contributed by atoms with van der Waals surface area (Å²) in [5.41, 5.74) is 0.912. The van der Waals surface area contributed by atoms with Crippen LogP contribution >= 0.6 is 0 Å². The molecule has 1 aromatic rings. The van der Waals surface area contributed by atoms with Crippen LogP contribution in [0.3, 0.4) is 0 Å². The van der Waals surface area contributed by atoms with Gasteiger partial charge in [-0.05, 0) is 30.7 Å². The van der Waals surface area contributed by atoms with Crippen LogP contribution in [0.2, 0.25) is 0 Å². The highest BCUT2D eigenvalue weighted by Gasteiger charge is 2.24. The van der Waals surface area contributed by atoms with Crippen LogP contribution in [-0.4, -0.2) is 32.5 Å². The van der Waals surface area contributed by atoms with Crippen molar-refractivity contribution < 1.29 is 13.9 Å². The maximum Gasteiger partial charge on any atom is 0.143 e. The number of methoxy groups -OCH3 is 1. The number of ether oxygens (including phenoxy) is 2. The summed E-state index contributed by atoms with van der Waals surface area (Å²) in [5, 5.41) is 3.17. The summed E-state index contributed by atoms with van der Waals surface area (Å²) in [6, 6.07) is 7.34. The Hall–Kier alpha value is -1.29. The minimum Gasteiger partial charge on any atom is -0.497 e. The number of anilines is 1. The third kappa shape index (κ3) is 2.64. The van der Waals surface area contributed by atoms with E-state index in [9.17, 15) is 4.39 Å². The predicted octanol–water partition coefficient (Wildman–Crippen LogP) is 2.23. The molecule has 1 aliphatic rings. The van der Waals surface area contributed by atoms with E-state index in [4.69, 9.17) is 9.47 Å². The summed E-state index contributed by atoms with van der Waals surface area (Å²) in [6.07, 6.45) is -0.233. The second-order valence-electron chi connectivity index (χ2n) is 3.86. The van der Waals surface area contributed by atoms with Crippen LogP contribution < -0.4 is 10.1 Å². The molecule has 0 radical (unpaired) electrons. The standard InChI is InChI=1S/C12H16FNO2/c1-15-10-4-2-9(3-5-10)14-12-6-7-16-8-11(12)13/h2-5,11-12,14H,6-8H2,1H3. The quantitative estimate of drug-likeness (QED) is 0.855. The molecule has 88 valence electrons. The first kappa shape index (κ1) is 11.2. The molecule has 4 heteroatoms. The minimum atomic E-state index is -0.934. The van der Waals surface area contributed by atoms with Crippen molar-refractivity contribution in [1.82, 2.24) is 0 Å². The van der Waals surface area contributed by atoms with E-state index in [1.54, 1.807) is 7.11 Å². The van der Waals surface area contributed by atoms with E-state index in [0.717, 1.165) is 11.4 Å². The van der Waals surface area contributed by atoms with E-state index in [1.165, 1.54) is 0 Å². The normalized spacial score (nSPS) is 25.1. The Morgan fingerprint density at radius 2 is 2.12 bits per heavy atom. The molecule has 2 atom stereocenters. The van der Waals surface area contributed by atoms with Gasteiger partial charge in [0.15, 0.2) is 0 Å². The van der Waals surface area contributed by atoms with E-state index in [1.807, 2.05) is 24.3 Å². The topological polar surface area (TPSA) is 30.5 Å². The van der Waals surface area contributed by atoms with E-state index in [0.29, 0.717) is 13.0 Å². The van der Waals surface area contributed by atoms with Crippen LogP contribution in [0, 0.1) is 0 Å². The van der Waals surface area contributed by atoms with Gasteiger partial charge in [0.05, 0.1) is 19.8 Å².